The van der Waals surface area contributed by atoms with Gasteiger partial charge in [-0.25, -0.2) is 0 Å². The van der Waals surface area contributed by atoms with Crippen LogP contribution in [0.5, 0.6) is 5.75 Å². The highest BCUT2D eigenvalue weighted by Crippen LogP contribution is 2.50. The third kappa shape index (κ3) is 1.28. The fourth-order valence-electron chi connectivity index (χ4n) is 2.94. The van der Waals surface area contributed by atoms with E-state index in [0.717, 1.165) is 11.1 Å². The van der Waals surface area contributed by atoms with Crippen molar-refractivity contribution in [3.05, 3.63) is 54.6 Å². The third-order valence-corrected chi connectivity index (χ3v) is 3.67. The molecular weight excluding hydrogens is 236 g/mol. The van der Waals surface area contributed by atoms with Gasteiger partial charge in [-0.2, -0.15) is 0 Å². The monoisotopic (exact) mass is 246 g/mol. The predicted molar refractivity (Wildman–Crippen MR) is 75.1 cm³/mol. The number of rotatable bonds is 2. The van der Waals surface area contributed by atoms with Crippen LogP contribution in [-0.2, 0) is 4.79 Å². The van der Waals surface area contributed by atoms with Gasteiger partial charge in [0.2, 0.25) is 0 Å². The van der Waals surface area contributed by atoms with Crippen LogP contribution in [0.3, 0.4) is 0 Å². The van der Waals surface area contributed by atoms with Crippen LogP contribution in [0.4, 0.5) is 0 Å². The summed E-state index contributed by atoms with van der Waals surface area (Å²) in [6.45, 7) is 0.487. The molecule has 0 bridgehead atoms. The fourth-order valence-corrected chi connectivity index (χ4v) is 2.94. The van der Waals surface area contributed by atoms with Crippen molar-refractivity contribution < 1.29 is 9.53 Å². The first-order valence-corrected chi connectivity index (χ1v) is 6.16. The molecule has 1 aliphatic rings. The normalized spacial score (nSPS) is 11.4. The smallest absolute Gasteiger partial charge is 0.298 e. The number of carbonyl (C=O) groups excluding carboxylic acids is 1. The van der Waals surface area contributed by atoms with E-state index in [2.05, 4.69) is 30.3 Å². The molecule has 90 valence electrons. The van der Waals surface area contributed by atoms with Gasteiger partial charge in [-0.1, -0.05) is 48.5 Å². The molecule has 0 saturated heterocycles. The van der Waals surface area contributed by atoms with Gasteiger partial charge in [0, 0.05) is 10.9 Å². The maximum Gasteiger partial charge on any atom is 0.298 e. The van der Waals surface area contributed by atoms with Gasteiger partial charge in [0.15, 0.2) is 0 Å². The zero-order valence-corrected chi connectivity index (χ0v) is 10.1. The second kappa shape index (κ2) is 3.69. The van der Waals surface area contributed by atoms with Crippen molar-refractivity contribution in [1.29, 1.82) is 0 Å². The van der Waals surface area contributed by atoms with Crippen LogP contribution >= 0.6 is 0 Å². The molecule has 4 rings (SSSR count). The third-order valence-electron chi connectivity index (χ3n) is 3.67. The summed E-state index contributed by atoms with van der Waals surface area (Å²) in [5.74, 6) is 0.625. The van der Waals surface area contributed by atoms with Crippen molar-refractivity contribution in [3.8, 4) is 28.0 Å². The summed E-state index contributed by atoms with van der Waals surface area (Å²) in [5, 5.41) is 2.34. The van der Waals surface area contributed by atoms with E-state index in [-0.39, 0.29) is 0 Å². The fraction of sp³-hybridized carbons (Fsp3) is 0. The number of carbonyl (C=O) groups is 1. The lowest BCUT2D eigenvalue weighted by molar-refractivity contribution is -0.120. The average Bonchev–Trinajstić information content (AvgIpc) is 2.80. The molecule has 3 aromatic rings. The number of hydrogen-bond acceptors (Lipinski definition) is 2. The Morgan fingerprint density at radius 1 is 0.789 bits per heavy atom. The van der Waals surface area contributed by atoms with Crippen LogP contribution in [0.15, 0.2) is 54.6 Å². The maximum absolute atomic E-state index is 10.7. The van der Waals surface area contributed by atoms with Gasteiger partial charge in [-0.3, -0.25) is 4.79 Å². The van der Waals surface area contributed by atoms with E-state index in [1.807, 2.05) is 24.3 Å². The molecule has 19 heavy (non-hydrogen) atoms. The Morgan fingerprint density at radius 2 is 1.58 bits per heavy atom. The van der Waals surface area contributed by atoms with Crippen LogP contribution in [0.2, 0.25) is 0 Å². The first kappa shape index (κ1) is 10.3. The second-order valence-electron chi connectivity index (χ2n) is 4.60. The molecule has 2 nitrogen and oxygen atoms in total. The zero-order chi connectivity index (χ0) is 12.8. The topological polar surface area (TPSA) is 26.3 Å². The van der Waals surface area contributed by atoms with Crippen LogP contribution in [0, 0.1) is 0 Å². The maximum atomic E-state index is 10.7. The number of ether oxygens (including phenoxy) is 1. The van der Waals surface area contributed by atoms with Gasteiger partial charge < -0.3 is 4.74 Å². The van der Waals surface area contributed by atoms with Gasteiger partial charge in [0.1, 0.15) is 5.75 Å². The summed E-state index contributed by atoms with van der Waals surface area (Å²) in [6, 6.07) is 18.3. The highest BCUT2D eigenvalue weighted by Gasteiger charge is 2.23. The largest absolute Gasteiger partial charge is 0.428 e. The SMILES string of the molecule is O=COc1ccc2cccc3c2c1-c1ccccc1-3. The van der Waals surface area contributed by atoms with E-state index in [4.69, 9.17) is 4.74 Å². The van der Waals surface area contributed by atoms with Crippen molar-refractivity contribution in [3.63, 3.8) is 0 Å². The Balaban J connectivity index is 2.21. The number of benzene rings is 3. The summed E-state index contributed by atoms with van der Waals surface area (Å²) in [7, 11) is 0. The molecule has 0 radical (unpaired) electrons. The standard InChI is InChI=1S/C17H10O2/c18-10-19-15-9-8-11-4-3-7-13-12-5-1-2-6-14(12)17(15)16(11)13/h1-10H. The van der Waals surface area contributed by atoms with Crippen molar-refractivity contribution >= 4 is 17.2 Å². The van der Waals surface area contributed by atoms with Crippen molar-refractivity contribution in [1.82, 2.24) is 0 Å². The van der Waals surface area contributed by atoms with E-state index in [1.54, 1.807) is 0 Å². The highest BCUT2D eigenvalue weighted by atomic mass is 16.5. The molecule has 2 heteroatoms. The number of hydrogen-bond donors (Lipinski definition) is 0. The summed E-state index contributed by atoms with van der Waals surface area (Å²) in [6.07, 6.45) is 0. The van der Waals surface area contributed by atoms with Gasteiger partial charge in [0.05, 0.1) is 0 Å². The Bertz CT molecular complexity index is 819. The van der Waals surface area contributed by atoms with Crippen LogP contribution < -0.4 is 4.74 Å². The summed E-state index contributed by atoms with van der Waals surface area (Å²) >= 11 is 0. The summed E-state index contributed by atoms with van der Waals surface area (Å²) < 4.78 is 5.15. The van der Waals surface area contributed by atoms with E-state index in [1.165, 1.54) is 21.9 Å². The molecule has 0 aliphatic heterocycles. The predicted octanol–water partition coefficient (Wildman–Crippen LogP) is 4.02. The molecule has 1 aliphatic carbocycles. The second-order valence-corrected chi connectivity index (χ2v) is 4.60. The average molecular weight is 246 g/mol. The molecule has 0 spiro atoms. The molecule has 0 heterocycles. The van der Waals surface area contributed by atoms with E-state index >= 15 is 0 Å². The minimum Gasteiger partial charge on any atom is -0.428 e. The van der Waals surface area contributed by atoms with Crippen molar-refractivity contribution in [2.24, 2.45) is 0 Å². The van der Waals surface area contributed by atoms with Gasteiger partial charge in [-0.05, 0) is 28.1 Å². The lowest BCUT2D eigenvalue weighted by atomic mass is 10.0. The molecule has 0 unspecified atom stereocenters. The molecule has 0 aromatic heterocycles. The minimum absolute atomic E-state index is 0.487. The van der Waals surface area contributed by atoms with E-state index in [0.29, 0.717) is 12.2 Å². The quantitative estimate of drug-likeness (QED) is 0.499. The molecule has 0 amide bonds. The Kier molecular flexibility index (Phi) is 2.00. The van der Waals surface area contributed by atoms with Crippen LogP contribution in [0.1, 0.15) is 0 Å². The van der Waals surface area contributed by atoms with Crippen molar-refractivity contribution in [2.45, 2.75) is 0 Å². The molecule has 0 atom stereocenters. The first-order chi connectivity index (χ1) is 9.40. The lowest BCUT2D eigenvalue weighted by Gasteiger charge is -2.07. The molecule has 0 N–H and O–H groups in total. The highest BCUT2D eigenvalue weighted by molar-refractivity contribution is 6.17. The Hall–Kier alpha value is -2.61. The van der Waals surface area contributed by atoms with Gasteiger partial charge in [-0.15, -0.1) is 0 Å². The van der Waals surface area contributed by atoms with E-state index < -0.39 is 0 Å². The van der Waals surface area contributed by atoms with Gasteiger partial charge in [0.25, 0.3) is 6.47 Å². The Morgan fingerprint density at radius 3 is 2.42 bits per heavy atom. The summed E-state index contributed by atoms with van der Waals surface area (Å²) in [4.78, 5) is 10.7. The Labute approximate surface area is 110 Å². The van der Waals surface area contributed by atoms with E-state index in [9.17, 15) is 4.79 Å². The zero-order valence-electron chi connectivity index (χ0n) is 10.1. The lowest BCUT2D eigenvalue weighted by Crippen LogP contribution is -1.91. The first-order valence-electron chi connectivity index (χ1n) is 6.16. The van der Waals surface area contributed by atoms with Crippen molar-refractivity contribution in [2.75, 3.05) is 0 Å². The molecular formula is C17H10O2. The van der Waals surface area contributed by atoms with Crippen LogP contribution in [-0.4, -0.2) is 6.47 Å². The molecule has 0 saturated carbocycles. The number of fused-ring (bicyclic) bond motifs is 3. The molecule has 3 aromatic carbocycles. The minimum atomic E-state index is 0.487. The summed E-state index contributed by atoms with van der Waals surface area (Å²) in [5.41, 5.74) is 4.56. The molecule has 0 fully saturated rings. The van der Waals surface area contributed by atoms with Gasteiger partial charge >= 0.3 is 0 Å². The van der Waals surface area contributed by atoms with Crippen LogP contribution in [0.25, 0.3) is 33.0 Å².